The predicted molar refractivity (Wildman–Crippen MR) is 257 cm³/mol. The Labute approximate surface area is 362 Å². The van der Waals surface area contributed by atoms with Crippen molar-refractivity contribution in [1.29, 1.82) is 0 Å². The highest BCUT2D eigenvalue weighted by atomic mass is 15.2. The van der Waals surface area contributed by atoms with E-state index >= 15 is 0 Å². The number of fused-ring (bicyclic) bond motifs is 6. The molecule has 0 atom stereocenters. The molecular weight excluding hydrogens is 775 g/mol. The fourth-order valence-corrected chi connectivity index (χ4v) is 8.49. The second-order valence-corrected chi connectivity index (χ2v) is 15.1. The lowest BCUT2D eigenvalue weighted by Gasteiger charge is -2.13. The molecule has 0 amide bonds. The summed E-state index contributed by atoms with van der Waals surface area (Å²) in [5, 5.41) is 4.48. The Kier molecular flexibility index (Phi) is 9.32. The molecule has 0 radical (unpaired) electrons. The van der Waals surface area contributed by atoms with Crippen LogP contribution in [0.4, 0.5) is 0 Å². The van der Waals surface area contributed by atoms with Crippen molar-refractivity contribution in [2.45, 2.75) is 6.92 Å². The smallest absolute Gasteiger partial charge is 0.238 e. The second-order valence-electron chi connectivity index (χ2n) is 15.1. The van der Waals surface area contributed by atoms with Crippen LogP contribution in [-0.2, 0) is 0 Å². The summed E-state index contributed by atoms with van der Waals surface area (Å²) in [5.41, 5.74) is 10.8. The van der Waals surface area contributed by atoms with Crippen LogP contribution in [0.1, 0.15) is 12.5 Å². The van der Waals surface area contributed by atoms with Gasteiger partial charge in [-0.05, 0) is 85.4 Å². The molecule has 0 aliphatic heterocycles. The number of allylic oxidation sites excluding steroid dienone is 1. The summed E-state index contributed by atoms with van der Waals surface area (Å²) in [7, 11) is 0. The average molecular weight is 812 g/mol. The molecule has 298 valence electrons. The molecule has 9 heteroatoms. The summed E-state index contributed by atoms with van der Waals surface area (Å²) in [6.07, 6.45) is 7.10. The fraction of sp³-hybridized carbons (Fsp3) is 0.0185. The van der Waals surface area contributed by atoms with Gasteiger partial charge in [0.1, 0.15) is 0 Å². The van der Waals surface area contributed by atoms with Crippen molar-refractivity contribution in [3.63, 3.8) is 0 Å². The minimum absolute atomic E-state index is 0.510. The summed E-state index contributed by atoms with van der Waals surface area (Å²) in [4.78, 5) is 33.3. The third-order valence-corrected chi connectivity index (χ3v) is 11.3. The Morgan fingerprint density at radius 2 is 1.02 bits per heavy atom. The zero-order chi connectivity index (χ0) is 42.3. The van der Waals surface area contributed by atoms with Gasteiger partial charge in [0.25, 0.3) is 0 Å². The summed E-state index contributed by atoms with van der Waals surface area (Å²) in [5.74, 6) is 2.91. The normalized spacial score (nSPS) is 12.0. The quantitative estimate of drug-likeness (QED) is 0.112. The number of rotatable bonds is 8. The van der Waals surface area contributed by atoms with Gasteiger partial charge in [0, 0.05) is 68.1 Å². The Morgan fingerprint density at radius 3 is 1.60 bits per heavy atom. The Bertz CT molecular complexity index is 3530. The van der Waals surface area contributed by atoms with Crippen LogP contribution in [0.25, 0.3) is 101 Å². The minimum atomic E-state index is 0.510. The third kappa shape index (κ3) is 6.65. The SMILES string of the molecule is C=N/C(=N\C=C/C)c1cc(-c2ncccn2)cc(-n2c3ccccc3c3cc(-c4ccc5c(c4)c4ccccc4n5-c4nc(-c5ccccc5)nc(-c5ccccc5)n4)ccc32)c1. The van der Waals surface area contributed by atoms with Gasteiger partial charge in [-0.1, -0.05) is 115 Å². The fourth-order valence-electron chi connectivity index (χ4n) is 8.49. The van der Waals surface area contributed by atoms with Gasteiger partial charge in [0.05, 0.1) is 22.1 Å². The molecule has 11 aromatic rings. The number of benzene rings is 7. The van der Waals surface area contributed by atoms with Crippen molar-refractivity contribution in [2.75, 3.05) is 0 Å². The van der Waals surface area contributed by atoms with E-state index in [2.05, 4.69) is 133 Å². The molecule has 0 saturated heterocycles. The topological polar surface area (TPSA) is 99.0 Å². The zero-order valence-electron chi connectivity index (χ0n) is 34.2. The lowest BCUT2D eigenvalue weighted by Crippen LogP contribution is -2.06. The van der Waals surface area contributed by atoms with Crippen LogP contribution < -0.4 is 0 Å². The molecule has 9 nitrogen and oxygen atoms in total. The van der Waals surface area contributed by atoms with Crippen molar-refractivity contribution in [3.8, 4) is 56.9 Å². The predicted octanol–water partition coefficient (Wildman–Crippen LogP) is 12.5. The van der Waals surface area contributed by atoms with E-state index in [1.807, 2.05) is 85.8 Å². The maximum Gasteiger partial charge on any atom is 0.238 e. The first-order valence-electron chi connectivity index (χ1n) is 20.7. The second kappa shape index (κ2) is 15.7. The van der Waals surface area contributed by atoms with Crippen LogP contribution in [0.15, 0.2) is 205 Å². The third-order valence-electron chi connectivity index (χ3n) is 11.3. The van der Waals surface area contributed by atoms with Crippen molar-refractivity contribution in [3.05, 3.63) is 200 Å². The van der Waals surface area contributed by atoms with Gasteiger partial charge >= 0.3 is 0 Å². The molecule has 7 aromatic carbocycles. The number of hydrogen-bond acceptors (Lipinski definition) is 6. The summed E-state index contributed by atoms with van der Waals surface area (Å²) in [6, 6.07) is 58.6. The monoisotopic (exact) mass is 811 g/mol. The van der Waals surface area contributed by atoms with Gasteiger partial charge in [-0.3, -0.25) is 4.57 Å². The highest BCUT2D eigenvalue weighted by Crippen LogP contribution is 2.39. The first-order chi connectivity index (χ1) is 31.1. The van der Waals surface area contributed by atoms with Gasteiger partial charge in [0.2, 0.25) is 5.95 Å². The minimum Gasteiger partial charge on any atom is -0.309 e. The van der Waals surface area contributed by atoms with Gasteiger partial charge < -0.3 is 4.57 Å². The Hall–Kier alpha value is -8.69. The Morgan fingerprint density at radius 1 is 0.476 bits per heavy atom. The number of para-hydroxylation sites is 2. The van der Waals surface area contributed by atoms with Crippen LogP contribution >= 0.6 is 0 Å². The molecule has 0 fully saturated rings. The van der Waals surface area contributed by atoms with Crippen molar-refractivity contribution >= 4 is 56.2 Å². The van der Waals surface area contributed by atoms with Gasteiger partial charge in [-0.15, -0.1) is 0 Å². The number of nitrogens with zero attached hydrogens (tertiary/aromatic N) is 9. The van der Waals surface area contributed by atoms with E-state index in [-0.39, 0.29) is 0 Å². The molecule has 0 N–H and O–H groups in total. The maximum absolute atomic E-state index is 5.11. The molecule has 0 spiro atoms. The lowest BCUT2D eigenvalue weighted by molar-refractivity contribution is 0.953. The zero-order valence-corrected chi connectivity index (χ0v) is 34.2. The lowest BCUT2D eigenvalue weighted by atomic mass is 10.0. The highest BCUT2D eigenvalue weighted by Gasteiger charge is 2.20. The molecular formula is C54H37N9. The standard InChI is InChI=1S/C54H37N9/c1-3-27-56-50(55-2)39-30-40(51-57-28-14-29-58-51)32-41(31-39)62-46-21-12-10-19-42(46)44-33-37(23-25-48(44)62)38-24-26-49-45(34-38)43-20-11-13-22-47(43)63(49)54-60-52(35-15-6-4-7-16-35)59-53(61-54)36-17-8-5-9-18-36/h3-34H,2H2,1H3/b27-3-,56-50-. The number of aromatic nitrogens is 7. The van der Waals surface area contributed by atoms with Crippen LogP contribution in [0.2, 0.25) is 0 Å². The van der Waals surface area contributed by atoms with Crippen LogP contribution in [0.5, 0.6) is 0 Å². The first-order valence-corrected chi connectivity index (χ1v) is 20.7. The van der Waals surface area contributed by atoms with Gasteiger partial charge in [-0.2, -0.15) is 9.97 Å². The number of hydrogen-bond donors (Lipinski definition) is 0. The molecule has 0 aliphatic carbocycles. The number of aliphatic imine (C=N–C) groups is 2. The van der Waals surface area contributed by atoms with Crippen LogP contribution in [0, 0.1) is 0 Å². The summed E-state index contributed by atoms with van der Waals surface area (Å²) < 4.78 is 4.45. The molecule has 0 saturated carbocycles. The van der Waals surface area contributed by atoms with E-state index in [4.69, 9.17) is 15.0 Å². The van der Waals surface area contributed by atoms with Gasteiger partial charge in [0.15, 0.2) is 23.3 Å². The van der Waals surface area contributed by atoms with E-state index in [0.29, 0.717) is 29.3 Å². The van der Waals surface area contributed by atoms with Gasteiger partial charge in [-0.25, -0.2) is 24.9 Å². The van der Waals surface area contributed by atoms with E-state index < -0.39 is 0 Å². The molecule has 0 bridgehead atoms. The van der Waals surface area contributed by atoms with Crippen molar-refractivity contribution in [1.82, 2.24) is 34.1 Å². The van der Waals surface area contributed by atoms with Crippen LogP contribution in [-0.4, -0.2) is 46.6 Å². The molecule has 11 rings (SSSR count). The first kappa shape index (κ1) is 37.3. The number of amidine groups is 1. The molecule has 0 unspecified atom stereocenters. The highest BCUT2D eigenvalue weighted by molar-refractivity contribution is 6.13. The van der Waals surface area contributed by atoms with Crippen LogP contribution in [0.3, 0.4) is 0 Å². The molecule has 0 aliphatic rings. The average Bonchev–Trinajstić information content (AvgIpc) is 3.87. The largest absolute Gasteiger partial charge is 0.309 e. The maximum atomic E-state index is 5.11. The van der Waals surface area contributed by atoms with E-state index in [0.717, 1.165) is 82.7 Å². The van der Waals surface area contributed by atoms with E-state index in [1.165, 1.54) is 0 Å². The summed E-state index contributed by atoms with van der Waals surface area (Å²) in [6.45, 7) is 5.77. The molecule has 4 heterocycles. The Balaban J connectivity index is 1.08. The summed E-state index contributed by atoms with van der Waals surface area (Å²) >= 11 is 0. The molecule has 63 heavy (non-hydrogen) atoms. The van der Waals surface area contributed by atoms with E-state index in [1.54, 1.807) is 18.6 Å². The van der Waals surface area contributed by atoms with E-state index in [9.17, 15) is 0 Å². The molecule has 4 aromatic heterocycles. The van der Waals surface area contributed by atoms with Crippen molar-refractivity contribution in [2.24, 2.45) is 9.98 Å². The van der Waals surface area contributed by atoms with Crippen molar-refractivity contribution < 1.29 is 0 Å².